The Balaban J connectivity index is 1.49. The molecular formula is C17H22N2. The van der Waals surface area contributed by atoms with E-state index in [0.29, 0.717) is 0 Å². The summed E-state index contributed by atoms with van der Waals surface area (Å²) in [6.07, 6.45) is 10.8. The highest BCUT2D eigenvalue weighted by Gasteiger charge is 2.14. The Labute approximate surface area is 115 Å². The Morgan fingerprint density at radius 3 is 2.74 bits per heavy atom. The van der Waals surface area contributed by atoms with Crippen LogP contribution in [0.4, 0.5) is 0 Å². The number of nitrogens with zero attached hydrogens (tertiary/aromatic N) is 2. The number of hydrogen-bond donors (Lipinski definition) is 0. The maximum Gasteiger partial charge on any atom is 0.0951 e. The first-order valence-electron chi connectivity index (χ1n) is 7.50. The van der Waals surface area contributed by atoms with Crippen LogP contribution in [0, 0.1) is 0 Å². The summed E-state index contributed by atoms with van der Waals surface area (Å²) in [4.78, 5) is 4.56. The van der Waals surface area contributed by atoms with E-state index in [2.05, 4.69) is 46.2 Å². The van der Waals surface area contributed by atoms with Gasteiger partial charge in [-0.2, -0.15) is 0 Å². The fraction of sp³-hybridized carbons (Fsp3) is 0.471. The quantitative estimate of drug-likeness (QED) is 0.742. The molecule has 0 aliphatic heterocycles. The van der Waals surface area contributed by atoms with Crippen molar-refractivity contribution < 1.29 is 0 Å². The number of hydrogen-bond acceptors (Lipinski definition) is 1. The van der Waals surface area contributed by atoms with Gasteiger partial charge < -0.3 is 4.57 Å². The second-order valence-corrected chi connectivity index (χ2v) is 5.48. The lowest BCUT2D eigenvalue weighted by Crippen LogP contribution is -2.08. The van der Waals surface area contributed by atoms with Crippen LogP contribution in [0.5, 0.6) is 0 Å². The van der Waals surface area contributed by atoms with Crippen molar-refractivity contribution >= 4 is 0 Å². The molecule has 1 heterocycles. The SMILES string of the molecule is c1ccc(CCCCn2cnc3c2CCCC3)cc1. The molecule has 0 unspecified atom stereocenters. The molecule has 0 radical (unpaired) electrons. The maximum absolute atomic E-state index is 4.56. The normalized spacial score (nSPS) is 14.3. The van der Waals surface area contributed by atoms with E-state index >= 15 is 0 Å². The molecule has 19 heavy (non-hydrogen) atoms. The van der Waals surface area contributed by atoms with Crippen molar-refractivity contribution in [2.75, 3.05) is 0 Å². The first-order chi connectivity index (χ1) is 9.43. The van der Waals surface area contributed by atoms with Crippen molar-refractivity contribution in [2.45, 2.75) is 51.5 Å². The van der Waals surface area contributed by atoms with Crippen LogP contribution in [0.15, 0.2) is 36.7 Å². The largest absolute Gasteiger partial charge is 0.334 e. The second-order valence-electron chi connectivity index (χ2n) is 5.48. The molecule has 0 spiro atoms. The molecular weight excluding hydrogens is 232 g/mol. The monoisotopic (exact) mass is 254 g/mol. The zero-order valence-electron chi connectivity index (χ0n) is 11.5. The Kier molecular flexibility index (Phi) is 3.97. The maximum atomic E-state index is 4.56. The molecule has 0 atom stereocenters. The van der Waals surface area contributed by atoms with Gasteiger partial charge in [-0.25, -0.2) is 4.98 Å². The van der Waals surface area contributed by atoms with E-state index in [9.17, 15) is 0 Å². The molecule has 0 bridgehead atoms. The summed E-state index contributed by atoms with van der Waals surface area (Å²) in [6.45, 7) is 1.13. The highest BCUT2D eigenvalue weighted by atomic mass is 15.1. The number of unbranched alkanes of at least 4 members (excludes halogenated alkanes) is 1. The van der Waals surface area contributed by atoms with Gasteiger partial charge in [0, 0.05) is 12.2 Å². The number of fused-ring (bicyclic) bond motifs is 1. The van der Waals surface area contributed by atoms with Crippen molar-refractivity contribution in [3.8, 4) is 0 Å². The zero-order chi connectivity index (χ0) is 12.9. The number of rotatable bonds is 5. The first kappa shape index (κ1) is 12.5. The fourth-order valence-corrected chi connectivity index (χ4v) is 2.98. The molecule has 1 aliphatic carbocycles. The lowest BCUT2D eigenvalue weighted by Gasteiger charge is -2.13. The summed E-state index contributed by atoms with van der Waals surface area (Å²) in [7, 11) is 0. The number of aromatic nitrogens is 2. The minimum atomic E-state index is 1.13. The van der Waals surface area contributed by atoms with Gasteiger partial charge in [0.25, 0.3) is 0 Å². The minimum absolute atomic E-state index is 1.13. The summed E-state index contributed by atoms with van der Waals surface area (Å²) in [6, 6.07) is 10.8. The van der Waals surface area contributed by atoms with Gasteiger partial charge in [0.05, 0.1) is 12.0 Å². The third-order valence-corrected chi connectivity index (χ3v) is 4.07. The first-order valence-corrected chi connectivity index (χ1v) is 7.50. The Bertz CT molecular complexity index is 513. The third kappa shape index (κ3) is 3.06. The average molecular weight is 254 g/mol. The topological polar surface area (TPSA) is 17.8 Å². The van der Waals surface area contributed by atoms with E-state index in [0.717, 1.165) is 6.54 Å². The van der Waals surface area contributed by atoms with E-state index in [4.69, 9.17) is 0 Å². The lowest BCUT2D eigenvalue weighted by atomic mass is 10.0. The van der Waals surface area contributed by atoms with E-state index in [1.54, 1.807) is 0 Å². The van der Waals surface area contributed by atoms with Crippen LogP contribution >= 0.6 is 0 Å². The molecule has 1 aromatic heterocycles. The molecule has 0 saturated carbocycles. The molecule has 2 heteroatoms. The van der Waals surface area contributed by atoms with E-state index < -0.39 is 0 Å². The summed E-state index contributed by atoms with van der Waals surface area (Å²) < 4.78 is 2.39. The zero-order valence-corrected chi connectivity index (χ0v) is 11.5. The molecule has 2 aromatic rings. The van der Waals surface area contributed by atoms with Crippen LogP contribution < -0.4 is 0 Å². The molecule has 0 N–H and O–H groups in total. The number of aryl methyl sites for hydroxylation is 3. The second kappa shape index (κ2) is 6.05. The van der Waals surface area contributed by atoms with Crippen LogP contribution in [-0.2, 0) is 25.8 Å². The van der Waals surface area contributed by atoms with E-state index in [1.807, 2.05) is 0 Å². The highest BCUT2D eigenvalue weighted by Crippen LogP contribution is 2.20. The van der Waals surface area contributed by atoms with Crippen molar-refractivity contribution in [1.29, 1.82) is 0 Å². The van der Waals surface area contributed by atoms with E-state index in [1.165, 1.54) is 61.9 Å². The van der Waals surface area contributed by atoms with Gasteiger partial charge in [0.1, 0.15) is 0 Å². The molecule has 100 valence electrons. The summed E-state index contributed by atoms with van der Waals surface area (Å²) >= 11 is 0. The Hall–Kier alpha value is -1.57. The lowest BCUT2D eigenvalue weighted by molar-refractivity contribution is 0.565. The van der Waals surface area contributed by atoms with Gasteiger partial charge in [-0.1, -0.05) is 30.3 Å². The number of imidazole rings is 1. The standard InChI is InChI=1S/C17H22N2/c1-2-8-15(9-3-1)10-6-7-13-19-14-18-16-11-4-5-12-17(16)19/h1-3,8-9,14H,4-7,10-13H2. The van der Waals surface area contributed by atoms with Gasteiger partial charge in [-0.15, -0.1) is 0 Å². The average Bonchev–Trinajstić information content (AvgIpc) is 2.88. The highest BCUT2D eigenvalue weighted by molar-refractivity contribution is 5.16. The van der Waals surface area contributed by atoms with Crippen molar-refractivity contribution in [3.63, 3.8) is 0 Å². The third-order valence-electron chi connectivity index (χ3n) is 4.07. The Morgan fingerprint density at radius 1 is 1.00 bits per heavy atom. The van der Waals surface area contributed by atoms with Crippen LogP contribution in [-0.4, -0.2) is 9.55 Å². The van der Waals surface area contributed by atoms with Crippen LogP contribution in [0.3, 0.4) is 0 Å². The van der Waals surface area contributed by atoms with Crippen LogP contribution in [0.2, 0.25) is 0 Å². The summed E-state index contributed by atoms with van der Waals surface area (Å²) in [5.41, 5.74) is 4.32. The Morgan fingerprint density at radius 2 is 1.84 bits per heavy atom. The molecule has 1 aliphatic rings. The summed E-state index contributed by atoms with van der Waals surface area (Å²) in [5.74, 6) is 0. The minimum Gasteiger partial charge on any atom is -0.334 e. The van der Waals surface area contributed by atoms with Crippen molar-refractivity contribution in [1.82, 2.24) is 9.55 Å². The molecule has 2 nitrogen and oxygen atoms in total. The van der Waals surface area contributed by atoms with Crippen LogP contribution in [0.25, 0.3) is 0 Å². The van der Waals surface area contributed by atoms with Gasteiger partial charge in [-0.3, -0.25) is 0 Å². The van der Waals surface area contributed by atoms with Crippen molar-refractivity contribution in [2.24, 2.45) is 0 Å². The van der Waals surface area contributed by atoms with E-state index in [-0.39, 0.29) is 0 Å². The fourth-order valence-electron chi connectivity index (χ4n) is 2.98. The predicted octanol–water partition coefficient (Wildman–Crippen LogP) is 3.78. The van der Waals surface area contributed by atoms with Gasteiger partial charge >= 0.3 is 0 Å². The predicted molar refractivity (Wildman–Crippen MR) is 78.2 cm³/mol. The van der Waals surface area contributed by atoms with Gasteiger partial charge in [-0.05, 0) is 50.5 Å². The molecule has 0 fully saturated rings. The molecule has 1 aromatic carbocycles. The van der Waals surface area contributed by atoms with Gasteiger partial charge in [0.15, 0.2) is 0 Å². The molecule has 0 amide bonds. The number of benzene rings is 1. The van der Waals surface area contributed by atoms with Crippen LogP contribution in [0.1, 0.15) is 42.6 Å². The molecule has 0 saturated heterocycles. The van der Waals surface area contributed by atoms with Gasteiger partial charge in [0.2, 0.25) is 0 Å². The smallest absolute Gasteiger partial charge is 0.0951 e. The summed E-state index contributed by atoms with van der Waals surface area (Å²) in [5, 5.41) is 0. The van der Waals surface area contributed by atoms with Crippen molar-refractivity contribution in [3.05, 3.63) is 53.6 Å². The molecule has 3 rings (SSSR count).